The molecule has 9 heteroatoms. The Kier molecular flexibility index (Phi) is 4.02. The molecule has 6 nitrogen and oxygen atoms in total. The first-order valence-corrected chi connectivity index (χ1v) is 7.53. The number of fused-ring (bicyclic) bond motifs is 1. The van der Waals surface area contributed by atoms with Gasteiger partial charge in [0.15, 0.2) is 0 Å². The highest BCUT2D eigenvalue weighted by Gasteiger charge is 2.32. The predicted octanol–water partition coefficient (Wildman–Crippen LogP) is 2.44. The third kappa shape index (κ3) is 3.35. The van der Waals surface area contributed by atoms with Crippen LogP contribution in [0.3, 0.4) is 0 Å². The monoisotopic (exact) mass is 352 g/mol. The third-order valence-electron chi connectivity index (χ3n) is 3.96. The van der Waals surface area contributed by atoms with E-state index in [2.05, 4.69) is 10.1 Å². The summed E-state index contributed by atoms with van der Waals surface area (Å²) in [5, 5.41) is 3.73. The molecule has 132 valence electrons. The number of aryl methyl sites for hydroxylation is 1. The second kappa shape index (κ2) is 5.91. The lowest BCUT2D eigenvalue weighted by molar-refractivity contribution is -0.127. The lowest BCUT2D eigenvalue weighted by Crippen LogP contribution is -2.23. The Bertz CT molecular complexity index is 1030. The van der Waals surface area contributed by atoms with Gasteiger partial charge >= 0.3 is 11.9 Å². The number of nitrogens with zero attached hydrogens (tertiary/aromatic N) is 2. The highest BCUT2D eigenvalue weighted by molar-refractivity contribution is 5.77. The van der Waals surface area contributed by atoms with Crippen molar-refractivity contribution in [2.75, 3.05) is 0 Å². The van der Waals surface area contributed by atoms with Crippen LogP contribution in [0.1, 0.15) is 29.8 Å². The van der Waals surface area contributed by atoms with E-state index in [0.29, 0.717) is 0 Å². The van der Waals surface area contributed by atoms with Gasteiger partial charge in [0.1, 0.15) is 11.0 Å². The first-order chi connectivity index (χ1) is 11.7. The van der Waals surface area contributed by atoms with Gasteiger partial charge < -0.3 is 0 Å². The van der Waals surface area contributed by atoms with E-state index in [1.807, 2.05) is 36.2 Å². The second-order valence-electron chi connectivity index (χ2n) is 5.90. The number of halogens is 3. The van der Waals surface area contributed by atoms with Gasteiger partial charge in [-0.25, -0.2) is 9.48 Å². The van der Waals surface area contributed by atoms with Crippen molar-refractivity contribution in [3.8, 4) is 0 Å². The third-order valence-corrected chi connectivity index (χ3v) is 3.96. The van der Waals surface area contributed by atoms with E-state index in [4.69, 9.17) is 0 Å². The maximum atomic E-state index is 12.8. The van der Waals surface area contributed by atoms with Crippen LogP contribution in [-0.2, 0) is 6.42 Å². The molecule has 1 atom stereocenters. The van der Waals surface area contributed by atoms with Gasteiger partial charge in [0.05, 0.1) is 18.2 Å². The van der Waals surface area contributed by atoms with Crippen LogP contribution in [-0.4, -0.2) is 25.9 Å². The molecule has 0 spiro atoms. The van der Waals surface area contributed by atoms with Crippen LogP contribution in [0.25, 0.3) is 11.0 Å². The molecule has 3 aromatic rings. The average Bonchev–Trinajstić information content (AvgIpc) is 2.83. The first kappa shape index (κ1) is 17.0. The molecule has 3 rings (SSSR count). The van der Waals surface area contributed by atoms with Gasteiger partial charge in [0.2, 0.25) is 0 Å². The summed E-state index contributed by atoms with van der Waals surface area (Å²) in [7, 11) is 0. The van der Waals surface area contributed by atoms with E-state index in [1.165, 1.54) is 4.68 Å². The van der Waals surface area contributed by atoms with E-state index in [9.17, 15) is 22.8 Å². The minimum atomic E-state index is -4.53. The van der Waals surface area contributed by atoms with E-state index in [0.717, 1.165) is 11.1 Å². The van der Waals surface area contributed by atoms with Crippen LogP contribution in [0.2, 0.25) is 0 Å². The normalized spacial score (nSPS) is 13.3. The molecule has 0 amide bonds. The molecule has 0 aliphatic heterocycles. The molecule has 0 bridgehead atoms. The van der Waals surface area contributed by atoms with Crippen LogP contribution in [0.4, 0.5) is 13.2 Å². The highest BCUT2D eigenvalue weighted by atomic mass is 19.4. The van der Waals surface area contributed by atoms with E-state index < -0.39 is 35.6 Å². The fourth-order valence-corrected chi connectivity index (χ4v) is 2.72. The van der Waals surface area contributed by atoms with Crippen molar-refractivity contribution in [2.45, 2.75) is 32.5 Å². The van der Waals surface area contributed by atoms with Crippen molar-refractivity contribution in [3.63, 3.8) is 0 Å². The number of rotatable bonds is 3. The summed E-state index contributed by atoms with van der Waals surface area (Å²) in [6.07, 6.45) is -5.88. The Morgan fingerprint density at radius 3 is 2.40 bits per heavy atom. The van der Waals surface area contributed by atoms with E-state index >= 15 is 0 Å². The van der Waals surface area contributed by atoms with E-state index in [-0.39, 0.29) is 11.0 Å². The molecule has 2 N–H and O–H groups in total. The standard InChI is InChI=1S/C16H15F3N4O2/c1-8-3-5-10(6-4-8)9(2)23-13-12(14(24)21-15(25)20-13)11(22-23)7-16(17,18)19/h3-6,9H,7H2,1-2H3,(H2,20,21,24,25). The molecule has 0 saturated carbocycles. The summed E-state index contributed by atoms with van der Waals surface area (Å²) in [4.78, 5) is 27.9. The zero-order valence-corrected chi connectivity index (χ0v) is 13.4. The Hall–Kier alpha value is -2.84. The summed E-state index contributed by atoms with van der Waals surface area (Å²) in [5.74, 6) is 0. The highest BCUT2D eigenvalue weighted by Crippen LogP contribution is 2.27. The summed E-state index contributed by atoms with van der Waals surface area (Å²) in [6.45, 7) is 3.64. The summed E-state index contributed by atoms with van der Waals surface area (Å²) in [6, 6.07) is 6.90. The molecule has 25 heavy (non-hydrogen) atoms. The average molecular weight is 352 g/mol. The van der Waals surface area contributed by atoms with Crippen LogP contribution in [0, 0.1) is 6.92 Å². The summed E-state index contributed by atoms with van der Waals surface area (Å²) < 4.78 is 39.7. The van der Waals surface area contributed by atoms with Gasteiger partial charge in [-0.2, -0.15) is 18.3 Å². The van der Waals surface area contributed by atoms with Gasteiger partial charge in [-0.3, -0.25) is 14.8 Å². The molecule has 0 saturated heterocycles. The number of alkyl halides is 3. The Morgan fingerprint density at radius 1 is 1.16 bits per heavy atom. The van der Waals surface area contributed by atoms with Crippen molar-refractivity contribution < 1.29 is 13.2 Å². The maximum absolute atomic E-state index is 12.8. The van der Waals surface area contributed by atoms with Crippen molar-refractivity contribution in [1.82, 2.24) is 19.7 Å². The first-order valence-electron chi connectivity index (χ1n) is 7.53. The number of hydrogen-bond donors (Lipinski definition) is 2. The molecule has 0 radical (unpaired) electrons. The van der Waals surface area contributed by atoms with Gasteiger partial charge in [-0.15, -0.1) is 0 Å². The van der Waals surface area contributed by atoms with Gasteiger partial charge in [-0.05, 0) is 19.4 Å². The van der Waals surface area contributed by atoms with Crippen molar-refractivity contribution in [3.05, 3.63) is 61.9 Å². The molecular formula is C16H15F3N4O2. The van der Waals surface area contributed by atoms with Crippen molar-refractivity contribution in [2.24, 2.45) is 0 Å². The zero-order chi connectivity index (χ0) is 18.4. The van der Waals surface area contributed by atoms with Crippen molar-refractivity contribution >= 4 is 11.0 Å². The number of hydrogen-bond acceptors (Lipinski definition) is 3. The predicted molar refractivity (Wildman–Crippen MR) is 85.7 cm³/mol. The summed E-state index contributed by atoms with van der Waals surface area (Å²) in [5.41, 5.74) is -0.313. The quantitative estimate of drug-likeness (QED) is 0.759. The van der Waals surface area contributed by atoms with Crippen LogP contribution in [0.5, 0.6) is 0 Å². The Balaban J connectivity index is 2.22. The molecule has 1 unspecified atom stereocenters. The Labute approximate surface area is 139 Å². The van der Waals surface area contributed by atoms with Gasteiger partial charge in [0, 0.05) is 0 Å². The van der Waals surface area contributed by atoms with Gasteiger partial charge in [-0.1, -0.05) is 29.8 Å². The smallest absolute Gasteiger partial charge is 0.292 e. The fraction of sp³-hybridized carbons (Fsp3) is 0.312. The maximum Gasteiger partial charge on any atom is 0.394 e. The van der Waals surface area contributed by atoms with Gasteiger partial charge in [0.25, 0.3) is 5.56 Å². The van der Waals surface area contributed by atoms with Crippen LogP contribution < -0.4 is 11.2 Å². The number of nitrogens with one attached hydrogen (secondary N) is 2. The van der Waals surface area contributed by atoms with Crippen molar-refractivity contribution in [1.29, 1.82) is 0 Å². The van der Waals surface area contributed by atoms with Crippen LogP contribution in [0.15, 0.2) is 33.9 Å². The minimum Gasteiger partial charge on any atom is -0.292 e. The number of benzene rings is 1. The zero-order valence-electron chi connectivity index (χ0n) is 13.4. The van der Waals surface area contributed by atoms with E-state index in [1.54, 1.807) is 6.92 Å². The lowest BCUT2D eigenvalue weighted by atomic mass is 10.1. The molecule has 0 aliphatic rings. The molecule has 2 heterocycles. The largest absolute Gasteiger partial charge is 0.394 e. The fourth-order valence-electron chi connectivity index (χ4n) is 2.72. The minimum absolute atomic E-state index is 0.0268. The molecule has 2 aromatic heterocycles. The number of H-pyrrole nitrogens is 2. The summed E-state index contributed by atoms with van der Waals surface area (Å²) >= 11 is 0. The second-order valence-corrected chi connectivity index (χ2v) is 5.90. The SMILES string of the molecule is Cc1ccc(C(C)n2nc(CC(F)(F)F)c3c(=O)[nH]c(=O)[nH]c32)cc1. The lowest BCUT2D eigenvalue weighted by Gasteiger charge is -2.14. The molecule has 0 aliphatic carbocycles. The topological polar surface area (TPSA) is 83.5 Å². The Morgan fingerprint density at radius 2 is 1.80 bits per heavy atom. The molecule has 1 aromatic carbocycles. The molecule has 0 fully saturated rings. The number of aromatic amines is 2. The molecular weight excluding hydrogens is 337 g/mol. The van der Waals surface area contributed by atoms with Crippen LogP contribution >= 0.6 is 0 Å². The number of aromatic nitrogens is 4.